The van der Waals surface area contributed by atoms with E-state index in [9.17, 15) is 0 Å². The fraction of sp³-hybridized carbons (Fsp3) is 0.529. The van der Waals surface area contributed by atoms with E-state index in [1.54, 1.807) is 0 Å². The predicted octanol–water partition coefficient (Wildman–Crippen LogP) is 1.62. The highest BCUT2D eigenvalue weighted by Crippen LogP contribution is 2.33. The summed E-state index contributed by atoms with van der Waals surface area (Å²) in [5.74, 6) is 1.11. The Kier molecular flexibility index (Phi) is 7.89. The Morgan fingerprint density at radius 2 is 1.54 bits per heavy atom. The fourth-order valence-corrected chi connectivity index (χ4v) is 6.71. The van der Waals surface area contributed by atoms with Gasteiger partial charge >= 0.3 is 0 Å². The van der Waals surface area contributed by atoms with Crippen LogP contribution >= 0.6 is 0 Å². The summed E-state index contributed by atoms with van der Waals surface area (Å²) < 4.78 is 17.5. The topological polar surface area (TPSA) is 27.7 Å². The van der Waals surface area contributed by atoms with Gasteiger partial charge in [0.15, 0.2) is 0 Å². The monoisotopic (exact) mass is 398 g/mol. The standard InChI is InChI=1S/C17H34O3Si4/c1-10-11(2)15(9-16(12(10)3)20-24(6,7)8)13(4)14(5)23-17(18-21)19-22/h9,17H,23H2,1-8,21-22H3. The molecule has 0 bridgehead atoms. The molecule has 0 radical (unpaired) electrons. The molecule has 24 heavy (non-hydrogen) atoms. The zero-order valence-electron chi connectivity index (χ0n) is 17.1. The van der Waals surface area contributed by atoms with Crippen LogP contribution in [0.2, 0.25) is 19.6 Å². The van der Waals surface area contributed by atoms with Crippen LogP contribution in [0.25, 0.3) is 5.57 Å². The quantitative estimate of drug-likeness (QED) is 0.516. The van der Waals surface area contributed by atoms with E-state index in [0.717, 1.165) is 26.7 Å². The maximum absolute atomic E-state index is 6.35. The van der Waals surface area contributed by atoms with Crippen molar-refractivity contribution in [2.75, 3.05) is 0 Å². The Labute approximate surface area is 157 Å². The van der Waals surface area contributed by atoms with Gasteiger partial charge in [-0.2, -0.15) is 0 Å². The lowest BCUT2D eigenvalue weighted by Crippen LogP contribution is -2.29. The summed E-state index contributed by atoms with van der Waals surface area (Å²) in [6, 6.07) is 2.25. The maximum atomic E-state index is 6.35. The minimum atomic E-state index is -1.63. The molecule has 136 valence electrons. The van der Waals surface area contributed by atoms with Crippen molar-refractivity contribution in [3.05, 3.63) is 33.5 Å². The second-order valence-electron chi connectivity index (χ2n) is 7.52. The molecule has 7 heteroatoms. The molecule has 0 saturated heterocycles. The molecule has 0 fully saturated rings. The van der Waals surface area contributed by atoms with Crippen LogP contribution in [0, 0.1) is 20.8 Å². The highest BCUT2D eigenvalue weighted by atomic mass is 28.4. The van der Waals surface area contributed by atoms with Crippen molar-refractivity contribution in [2.24, 2.45) is 0 Å². The van der Waals surface area contributed by atoms with Crippen LogP contribution in [0.1, 0.15) is 36.1 Å². The Bertz CT molecular complexity index is 617. The molecule has 0 aromatic heterocycles. The molecule has 0 aliphatic carbocycles. The van der Waals surface area contributed by atoms with E-state index in [2.05, 4.69) is 60.3 Å². The zero-order chi connectivity index (χ0) is 18.7. The van der Waals surface area contributed by atoms with Crippen LogP contribution in [-0.4, -0.2) is 44.7 Å². The van der Waals surface area contributed by atoms with Gasteiger partial charge in [0.05, 0.1) is 0 Å². The third kappa shape index (κ3) is 5.53. The van der Waals surface area contributed by atoms with Gasteiger partial charge < -0.3 is 13.3 Å². The zero-order valence-corrected chi connectivity index (χ0v) is 23.5. The van der Waals surface area contributed by atoms with Crippen LogP contribution in [0.5, 0.6) is 5.75 Å². The third-order valence-electron chi connectivity index (χ3n) is 4.63. The van der Waals surface area contributed by atoms with Crippen molar-refractivity contribution in [1.29, 1.82) is 0 Å². The minimum absolute atomic E-state index is 0.0582. The summed E-state index contributed by atoms with van der Waals surface area (Å²) in [4.78, 5) is 0. The number of hydrogen-bond acceptors (Lipinski definition) is 3. The molecule has 0 N–H and O–H groups in total. The Hall–Kier alpha value is -0.452. The fourth-order valence-electron chi connectivity index (χ4n) is 2.74. The first-order valence-corrected chi connectivity index (χ1v) is 15.1. The number of hydrogen-bond donors (Lipinski definition) is 0. The van der Waals surface area contributed by atoms with Gasteiger partial charge in [-0.25, -0.2) is 0 Å². The summed E-state index contributed by atoms with van der Waals surface area (Å²) in [6.45, 7) is 17.8. The highest BCUT2D eigenvalue weighted by Gasteiger charge is 2.20. The van der Waals surface area contributed by atoms with E-state index in [1.165, 1.54) is 33.0 Å². The normalized spacial score (nSPS) is 15.2. The molecule has 1 aromatic carbocycles. The van der Waals surface area contributed by atoms with Gasteiger partial charge in [-0.3, -0.25) is 0 Å². The lowest BCUT2D eigenvalue weighted by Gasteiger charge is -2.25. The van der Waals surface area contributed by atoms with Gasteiger partial charge in [0, 0.05) is 0 Å². The first-order chi connectivity index (χ1) is 11.0. The average molecular weight is 399 g/mol. The Morgan fingerprint density at radius 3 is 2.00 bits per heavy atom. The van der Waals surface area contributed by atoms with Crippen molar-refractivity contribution >= 4 is 44.4 Å². The molecule has 1 aromatic rings. The Morgan fingerprint density at radius 1 is 1.00 bits per heavy atom. The van der Waals surface area contributed by atoms with Crippen LogP contribution < -0.4 is 4.43 Å². The summed E-state index contributed by atoms with van der Waals surface area (Å²) >= 11 is 0. The molecular formula is C17H34O3Si4. The van der Waals surface area contributed by atoms with Crippen LogP contribution in [-0.2, 0) is 8.85 Å². The van der Waals surface area contributed by atoms with Crippen molar-refractivity contribution < 1.29 is 13.3 Å². The summed E-state index contributed by atoms with van der Waals surface area (Å²) in [6.07, 6.45) is 0. The molecule has 3 nitrogen and oxygen atoms in total. The molecule has 0 aliphatic rings. The predicted molar refractivity (Wildman–Crippen MR) is 117 cm³/mol. The van der Waals surface area contributed by atoms with Crippen molar-refractivity contribution in [1.82, 2.24) is 0 Å². The SMILES string of the molecule is CC([SiH2]C(O[SiH3])O[SiH3])=C(C)c1cc(O[Si](C)(C)C)c(C)c(C)c1C. The first-order valence-electron chi connectivity index (χ1n) is 8.54. The second-order valence-corrected chi connectivity index (χ2v) is 15.0. The number of allylic oxidation sites excluding steroid dienone is 2. The van der Waals surface area contributed by atoms with E-state index >= 15 is 0 Å². The maximum Gasteiger partial charge on any atom is 0.242 e. The number of rotatable bonds is 7. The van der Waals surface area contributed by atoms with Gasteiger partial charge in [-0.1, -0.05) is 5.20 Å². The van der Waals surface area contributed by atoms with E-state index in [1.807, 2.05) is 0 Å². The molecule has 0 amide bonds. The second kappa shape index (κ2) is 8.77. The van der Waals surface area contributed by atoms with Gasteiger partial charge in [0.1, 0.15) is 42.2 Å². The Balaban J connectivity index is 3.37. The third-order valence-corrected chi connectivity index (χ3v) is 9.99. The summed E-state index contributed by atoms with van der Waals surface area (Å²) in [7, 11) is -0.711. The van der Waals surface area contributed by atoms with Crippen LogP contribution in [0.3, 0.4) is 0 Å². The van der Waals surface area contributed by atoms with Gasteiger partial charge in [-0.05, 0) is 88.2 Å². The largest absolute Gasteiger partial charge is 0.544 e. The highest BCUT2D eigenvalue weighted by molar-refractivity contribution is 6.70. The van der Waals surface area contributed by atoms with E-state index < -0.39 is 17.8 Å². The van der Waals surface area contributed by atoms with Gasteiger partial charge in [0.2, 0.25) is 8.32 Å². The van der Waals surface area contributed by atoms with E-state index in [-0.39, 0.29) is 5.91 Å². The van der Waals surface area contributed by atoms with Crippen LogP contribution in [0.4, 0.5) is 0 Å². The molecule has 0 atom stereocenters. The lowest BCUT2D eigenvalue weighted by atomic mass is 9.94. The molecule has 0 spiro atoms. The minimum Gasteiger partial charge on any atom is -0.544 e. The molecule has 0 heterocycles. The smallest absolute Gasteiger partial charge is 0.242 e. The summed E-state index contributed by atoms with van der Waals surface area (Å²) in [5, 5.41) is 1.46. The average Bonchev–Trinajstić information content (AvgIpc) is 2.51. The molecule has 0 aliphatic heterocycles. The van der Waals surface area contributed by atoms with Crippen molar-refractivity contribution in [2.45, 2.75) is 60.2 Å². The van der Waals surface area contributed by atoms with Gasteiger partial charge in [0.25, 0.3) is 0 Å². The van der Waals surface area contributed by atoms with E-state index in [4.69, 9.17) is 13.3 Å². The lowest BCUT2D eigenvalue weighted by molar-refractivity contribution is 0.0931. The molecule has 1 rings (SSSR count). The van der Waals surface area contributed by atoms with Crippen molar-refractivity contribution in [3.63, 3.8) is 0 Å². The molecule has 0 saturated carbocycles. The van der Waals surface area contributed by atoms with Crippen molar-refractivity contribution in [3.8, 4) is 5.75 Å². The van der Waals surface area contributed by atoms with Crippen LogP contribution in [0.15, 0.2) is 11.3 Å². The molecular weight excluding hydrogens is 365 g/mol. The molecule has 0 unspecified atom stereocenters. The van der Waals surface area contributed by atoms with E-state index in [0.29, 0.717) is 0 Å². The first kappa shape index (κ1) is 21.6. The number of benzene rings is 1. The summed E-state index contributed by atoms with van der Waals surface area (Å²) in [5.41, 5.74) is 6.65. The van der Waals surface area contributed by atoms with Gasteiger partial charge in [-0.15, -0.1) is 0 Å².